The number of hydrogen-bond donors (Lipinski definition) is 1. The highest BCUT2D eigenvalue weighted by atomic mass is 32.1. The summed E-state index contributed by atoms with van der Waals surface area (Å²) < 4.78 is 1.27. The minimum Gasteiger partial charge on any atom is -0.333 e. The first-order chi connectivity index (χ1) is 13.3. The van der Waals surface area contributed by atoms with Crippen molar-refractivity contribution in [3.63, 3.8) is 0 Å². The fraction of sp³-hybridized carbons (Fsp3) is 0.381. The Bertz CT molecular complexity index is 1220. The first-order valence-corrected chi connectivity index (χ1v) is 10.3. The van der Waals surface area contributed by atoms with Crippen LogP contribution in [0.3, 0.4) is 0 Å². The fourth-order valence-electron chi connectivity index (χ4n) is 3.88. The molecule has 2 aromatic heterocycles. The highest BCUT2D eigenvalue weighted by Gasteiger charge is 2.28. The van der Waals surface area contributed by atoms with Crippen LogP contribution in [0.4, 0.5) is 0 Å². The number of aromatic amines is 1. The molecule has 6 nitrogen and oxygen atoms in total. The first-order valence-electron chi connectivity index (χ1n) is 9.44. The van der Waals surface area contributed by atoms with Crippen LogP contribution in [-0.2, 0) is 13.0 Å². The van der Waals surface area contributed by atoms with E-state index < -0.39 is 0 Å². The molecule has 1 N–H and O–H groups in total. The summed E-state index contributed by atoms with van der Waals surface area (Å²) >= 11 is 1.41. The maximum Gasteiger partial charge on any atom is 0.329 e. The molecule has 3 aromatic rings. The summed E-state index contributed by atoms with van der Waals surface area (Å²) in [4.78, 5) is 44.5. The first kappa shape index (κ1) is 18.7. The Morgan fingerprint density at radius 1 is 1.21 bits per heavy atom. The van der Waals surface area contributed by atoms with Crippen molar-refractivity contribution in [3.8, 4) is 0 Å². The van der Waals surface area contributed by atoms with E-state index in [0.717, 1.165) is 27.1 Å². The van der Waals surface area contributed by atoms with Crippen LogP contribution in [0.1, 0.15) is 51.8 Å². The average molecular weight is 398 g/mol. The summed E-state index contributed by atoms with van der Waals surface area (Å²) in [6.45, 7) is 8.64. The van der Waals surface area contributed by atoms with Gasteiger partial charge in [0.2, 0.25) is 0 Å². The third-order valence-corrected chi connectivity index (χ3v) is 6.70. The van der Waals surface area contributed by atoms with Gasteiger partial charge in [0.25, 0.3) is 11.5 Å². The summed E-state index contributed by atoms with van der Waals surface area (Å²) in [5, 5.41) is 0.604. The monoisotopic (exact) mass is 397 g/mol. The third kappa shape index (κ3) is 2.81. The number of amides is 1. The van der Waals surface area contributed by atoms with Crippen LogP contribution in [-0.4, -0.2) is 26.9 Å². The van der Waals surface area contributed by atoms with E-state index >= 15 is 0 Å². The van der Waals surface area contributed by atoms with Gasteiger partial charge in [-0.15, -0.1) is 11.3 Å². The number of nitrogens with zero attached hydrogens (tertiary/aromatic N) is 2. The van der Waals surface area contributed by atoms with Gasteiger partial charge in [0.1, 0.15) is 4.83 Å². The second-order valence-corrected chi connectivity index (χ2v) is 8.74. The number of hydrogen-bond acceptors (Lipinski definition) is 4. The van der Waals surface area contributed by atoms with Crippen molar-refractivity contribution in [2.24, 2.45) is 0 Å². The van der Waals surface area contributed by atoms with E-state index in [-0.39, 0.29) is 23.2 Å². The number of carbonyl (C=O) groups is 1. The molecule has 28 heavy (non-hydrogen) atoms. The molecule has 0 saturated heterocycles. The van der Waals surface area contributed by atoms with Gasteiger partial charge in [-0.2, -0.15) is 0 Å². The number of aryl methyl sites for hydroxylation is 1. The van der Waals surface area contributed by atoms with E-state index in [1.165, 1.54) is 15.9 Å². The summed E-state index contributed by atoms with van der Waals surface area (Å²) in [6, 6.07) is 5.57. The predicted molar refractivity (Wildman–Crippen MR) is 111 cm³/mol. The van der Waals surface area contributed by atoms with Gasteiger partial charge in [-0.05, 0) is 56.9 Å². The zero-order valence-electron chi connectivity index (χ0n) is 16.5. The van der Waals surface area contributed by atoms with Crippen molar-refractivity contribution in [3.05, 3.63) is 66.2 Å². The number of thiophene rings is 1. The Balaban J connectivity index is 1.76. The molecule has 0 bridgehead atoms. The molecular formula is C21H23N3O3S. The number of fused-ring (bicyclic) bond motifs is 3. The predicted octanol–water partition coefficient (Wildman–Crippen LogP) is 3.15. The Hall–Kier alpha value is -2.67. The van der Waals surface area contributed by atoms with E-state index in [4.69, 9.17) is 0 Å². The highest BCUT2D eigenvalue weighted by Crippen LogP contribution is 2.32. The lowest BCUT2D eigenvalue weighted by Crippen LogP contribution is -2.37. The molecular weight excluding hydrogens is 374 g/mol. The Morgan fingerprint density at radius 2 is 1.96 bits per heavy atom. The van der Waals surface area contributed by atoms with Crippen LogP contribution in [0, 0.1) is 13.8 Å². The molecule has 1 aromatic carbocycles. The van der Waals surface area contributed by atoms with Crippen LogP contribution in [0.15, 0.2) is 27.8 Å². The molecule has 4 rings (SSSR count). The second-order valence-electron chi connectivity index (χ2n) is 7.63. The van der Waals surface area contributed by atoms with Crippen LogP contribution >= 0.6 is 11.3 Å². The van der Waals surface area contributed by atoms with Gasteiger partial charge in [-0.25, -0.2) is 4.79 Å². The number of carbonyl (C=O) groups excluding carboxylic acids is 1. The highest BCUT2D eigenvalue weighted by molar-refractivity contribution is 7.18. The van der Waals surface area contributed by atoms with E-state index in [2.05, 4.69) is 4.98 Å². The standard InChI is InChI=1S/C21H23N3O3S/c1-11(2)24-20(26)17-15-8-9-23(10-16(15)28-18(17)22-21(24)27)19(25)14-7-5-6-12(3)13(14)4/h5-7,11H,8-10H2,1-4H3,(H,22,27). The largest absolute Gasteiger partial charge is 0.333 e. The SMILES string of the molecule is Cc1cccc(C(=O)N2CCc3c(sc4[nH]c(=O)n(C(C)C)c(=O)c34)C2)c1C. The average Bonchev–Trinajstić information content (AvgIpc) is 3.00. The topological polar surface area (TPSA) is 75.2 Å². The molecule has 0 spiro atoms. The van der Waals surface area contributed by atoms with E-state index in [1.54, 1.807) is 0 Å². The lowest BCUT2D eigenvalue weighted by molar-refractivity contribution is 0.0736. The maximum absolute atomic E-state index is 13.1. The lowest BCUT2D eigenvalue weighted by atomic mass is 10.0. The Morgan fingerprint density at radius 3 is 2.68 bits per heavy atom. The van der Waals surface area contributed by atoms with E-state index in [0.29, 0.717) is 29.7 Å². The van der Waals surface area contributed by atoms with Crippen LogP contribution in [0.5, 0.6) is 0 Å². The van der Waals surface area contributed by atoms with Crippen molar-refractivity contribution in [1.29, 1.82) is 0 Å². The lowest BCUT2D eigenvalue weighted by Gasteiger charge is -2.27. The molecule has 0 aliphatic carbocycles. The molecule has 7 heteroatoms. The summed E-state index contributed by atoms with van der Waals surface area (Å²) in [7, 11) is 0. The van der Waals surface area contributed by atoms with Gasteiger partial charge < -0.3 is 4.90 Å². The number of benzene rings is 1. The minimum atomic E-state index is -0.380. The van der Waals surface area contributed by atoms with Gasteiger partial charge in [0.15, 0.2) is 0 Å². The molecule has 0 fully saturated rings. The fourth-order valence-corrected chi connectivity index (χ4v) is 5.13. The van der Waals surface area contributed by atoms with Crippen LogP contribution < -0.4 is 11.2 Å². The van der Waals surface area contributed by atoms with Gasteiger partial charge in [0, 0.05) is 23.0 Å². The van der Waals surface area contributed by atoms with E-state index in [1.807, 2.05) is 50.8 Å². The summed E-state index contributed by atoms with van der Waals surface area (Å²) in [5.41, 5.74) is 3.17. The molecule has 1 amide bonds. The zero-order valence-corrected chi connectivity index (χ0v) is 17.3. The quantitative estimate of drug-likeness (QED) is 0.722. The smallest absolute Gasteiger partial charge is 0.329 e. The molecule has 3 heterocycles. The zero-order chi connectivity index (χ0) is 20.2. The molecule has 1 aliphatic rings. The Labute approximate surface area is 166 Å². The van der Waals surface area contributed by atoms with Crippen molar-refractivity contribution in [2.45, 2.75) is 46.7 Å². The van der Waals surface area contributed by atoms with Crippen molar-refractivity contribution < 1.29 is 4.79 Å². The molecule has 0 atom stereocenters. The summed E-state index contributed by atoms with van der Waals surface area (Å²) in [5.74, 6) is 0.0115. The number of rotatable bonds is 2. The molecule has 0 radical (unpaired) electrons. The van der Waals surface area contributed by atoms with Crippen molar-refractivity contribution >= 4 is 27.5 Å². The molecule has 146 valence electrons. The number of aromatic nitrogens is 2. The second kappa shape index (κ2) is 6.74. The summed E-state index contributed by atoms with van der Waals surface area (Å²) in [6.07, 6.45) is 0.616. The normalized spacial score (nSPS) is 14.0. The molecule has 0 unspecified atom stereocenters. The van der Waals surface area contributed by atoms with Crippen LogP contribution in [0.2, 0.25) is 0 Å². The molecule has 1 aliphatic heterocycles. The van der Waals surface area contributed by atoms with Crippen molar-refractivity contribution in [2.75, 3.05) is 6.54 Å². The van der Waals surface area contributed by atoms with Gasteiger partial charge in [0.05, 0.1) is 11.9 Å². The minimum absolute atomic E-state index is 0.0115. The maximum atomic E-state index is 13.1. The van der Waals surface area contributed by atoms with Crippen LogP contribution in [0.25, 0.3) is 10.2 Å². The third-order valence-electron chi connectivity index (χ3n) is 5.57. The van der Waals surface area contributed by atoms with Gasteiger partial charge >= 0.3 is 5.69 Å². The van der Waals surface area contributed by atoms with Crippen molar-refractivity contribution in [1.82, 2.24) is 14.5 Å². The number of H-pyrrole nitrogens is 1. The number of nitrogens with one attached hydrogen (secondary N) is 1. The van der Waals surface area contributed by atoms with E-state index in [9.17, 15) is 14.4 Å². The Kier molecular flexibility index (Phi) is 4.50. The van der Waals surface area contributed by atoms with Gasteiger partial charge in [-0.1, -0.05) is 12.1 Å². The van der Waals surface area contributed by atoms with Gasteiger partial charge in [-0.3, -0.25) is 19.1 Å². The molecule has 0 saturated carbocycles.